The van der Waals surface area contributed by atoms with E-state index in [0.717, 1.165) is 35.9 Å². The van der Waals surface area contributed by atoms with E-state index in [1.54, 1.807) is 14.2 Å². The molecule has 0 radical (unpaired) electrons. The number of ether oxygens (including phenoxy) is 2. The van der Waals surface area contributed by atoms with E-state index in [9.17, 15) is 0 Å². The van der Waals surface area contributed by atoms with Gasteiger partial charge in [-0.3, -0.25) is 9.67 Å². The molecule has 8 heteroatoms. The number of aliphatic imine (C=N–C) groups is 1. The zero-order valence-corrected chi connectivity index (χ0v) is 20.7. The number of rotatable bonds is 9. The van der Waals surface area contributed by atoms with Crippen LogP contribution in [0.15, 0.2) is 23.2 Å². The van der Waals surface area contributed by atoms with Gasteiger partial charge in [0.2, 0.25) is 0 Å². The van der Waals surface area contributed by atoms with Gasteiger partial charge in [-0.2, -0.15) is 5.10 Å². The lowest BCUT2D eigenvalue weighted by molar-refractivity contribution is 0.145. The topological polar surface area (TPSA) is 72.7 Å². The molecule has 0 aliphatic heterocycles. The van der Waals surface area contributed by atoms with Gasteiger partial charge in [0.1, 0.15) is 12.4 Å². The zero-order chi connectivity index (χ0) is 20.5. The Kier molecular flexibility index (Phi) is 11.0. The van der Waals surface area contributed by atoms with E-state index in [0.29, 0.717) is 19.8 Å². The monoisotopic (exact) mass is 515 g/mol. The van der Waals surface area contributed by atoms with Crippen molar-refractivity contribution in [1.82, 2.24) is 20.4 Å². The molecule has 0 fully saturated rings. The number of hydrogen-bond donors (Lipinski definition) is 2. The fourth-order valence-electron chi connectivity index (χ4n) is 3.06. The van der Waals surface area contributed by atoms with Gasteiger partial charge in [-0.05, 0) is 44.4 Å². The first-order valence-corrected chi connectivity index (χ1v) is 9.61. The van der Waals surface area contributed by atoms with Crippen LogP contribution in [0.2, 0.25) is 0 Å². The third kappa shape index (κ3) is 7.50. The molecule has 1 aromatic carbocycles. The van der Waals surface area contributed by atoms with Crippen molar-refractivity contribution in [1.29, 1.82) is 0 Å². The van der Waals surface area contributed by atoms with E-state index in [1.807, 2.05) is 11.7 Å². The lowest BCUT2D eigenvalue weighted by atomic mass is 10.1. The molecule has 29 heavy (non-hydrogen) atoms. The molecule has 1 aromatic heterocycles. The minimum atomic E-state index is 0. The Labute approximate surface area is 191 Å². The van der Waals surface area contributed by atoms with Crippen LogP contribution in [0.3, 0.4) is 0 Å². The summed E-state index contributed by atoms with van der Waals surface area (Å²) in [6.45, 7) is 8.73. The maximum atomic E-state index is 5.86. The Morgan fingerprint density at radius 3 is 2.55 bits per heavy atom. The van der Waals surface area contributed by atoms with E-state index in [2.05, 4.69) is 59.7 Å². The minimum absolute atomic E-state index is 0. The van der Waals surface area contributed by atoms with Gasteiger partial charge in [-0.1, -0.05) is 12.1 Å². The van der Waals surface area contributed by atoms with Crippen LogP contribution in [0.25, 0.3) is 0 Å². The number of methoxy groups -OCH3 is 1. The molecule has 0 bridgehead atoms. The molecule has 0 aliphatic rings. The lowest BCUT2D eigenvalue weighted by Crippen LogP contribution is -2.38. The van der Waals surface area contributed by atoms with Crippen molar-refractivity contribution in [3.8, 4) is 5.75 Å². The van der Waals surface area contributed by atoms with Gasteiger partial charge in [0, 0.05) is 45.6 Å². The second-order valence-electron chi connectivity index (χ2n) is 6.83. The zero-order valence-electron chi connectivity index (χ0n) is 18.3. The van der Waals surface area contributed by atoms with Crippen LogP contribution in [0.4, 0.5) is 0 Å². The van der Waals surface area contributed by atoms with Crippen LogP contribution in [-0.2, 0) is 24.8 Å². The third-order valence-corrected chi connectivity index (χ3v) is 4.76. The predicted octanol–water partition coefficient (Wildman–Crippen LogP) is 2.90. The van der Waals surface area contributed by atoms with Gasteiger partial charge >= 0.3 is 0 Å². The van der Waals surface area contributed by atoms with E-state index >= 15 is 0 Å². The highest BCUT2D eigenvalue weighted by Gasteiger charge is 2.10. The second kappa shape index (κ2) is 12.7. The number of hydrogen-bond acceptors (Lipinski definition) is 4. The number of aromatic nitrogens is 2. The summed E-state index contributed by atoms with van der Waals surface area (Å²) in [5.41, 5.74) is 5.84. The highest BCUT2D eigenvalue weighted by Crippen LogP contribution is 2.20. The van der Waals surface area contributed by atoms with Gasteiger partial charge in [-0.25, -0.2) is 0 Å². The Bertz CT molecular complexity index is 805. The molecule has 0 amide bonds. The molecular weight excluding hydrogens is 481 g/mol. The van der Waals surface area contributed by atoms with E-state index < -0.39 is 0 Å². The Balaban J connectivity index is 0.00000420. The fraction of sp³-hybridized carbons (Fsp3) is 0.524. The van der Waals surface area contributed by atoms with Gasteiger partial charge < -0.3 is 20.1 Å². The summed E-state index contributed by atoms with van der Waals surface area (Å²) in [6, 6.07) is 6.22. The molecule has 2 rings (SSSR count). The maximum absolute atomic E-state index is 5.86. The summed E-state index contributed by atoms with van der Waals surface area (Å²) in [4.78, 5) is 4.32. The van der Waals surface area contributed by atoms with Crippen molar-refractivity contribution in [3.05, 3.63) is 46.3 Å². The number of nitrogens with zero attached hydrogens (tertiary/aromatic N) is 3. The molecular formula is C21H34IN5O2. The standard InChI is InChI=1S/C21H33N5O2.HI/c1-15-7-8-18(20(13-15)28-12-11-27-6)14-24-21(22-4)23-10-9-19-16(2)25-26(5)17(19)3;/h7-8,13H,9-12,14H2,1-6H3,(H2,22,23,24);1H. The molecule has 0 atom stereocenters. The number of guanidine groups is 1. The summed E-state index contributed by atoms with van der Waals surface area (Å²) < 4.78 is 12.9. The molecule has 2 aromatic rings. The smallest absolute Gasteiger partial charge is 0.191 e. The Morgan fingerprint density at radius 1 is 1.17 bits per heavy atom. The highest BCUT2D eigenvalue weighted by atomic mass is 127. The number of halogens is 1. The van der Waals surface area contributed by atoms with Gasteiger partial charge in [-0.15, -0.1) is 24.0 Å². The van der Waals surface area contributed by atoms with Crippen LogP contribution in [0.1, 0.15) is 28.1 Å². The summed E-state index contributed by atoms with van der Waals surface area (Å²) in [5.74, 6) is 1.64. The van der Waals surface area contributed by atoms with Gasteiger partial charge in [0.25, 0.3) is 0 Å². The van der Waals surface area contributed by atoms with Crippen molar-refractivity contribution >= 4 is 29.9 Å². The summed E-state index contributed by atoms with van der Waals surface area (Å²) >= 11 is 0. The summed E-state index contributed by atoms with van der Waals surface area (Å²) in [6.07, 6.45) is 0.905. The Hall–Kier alpha value is -1.81. The molecule has 2 N–H and O–H groups in total. The van der Waals surface area contributed by atoms with Crippen molar-refractivity contribution in [3.63, 3.8) is 0 Å². The first kappa shape index (κ1) is 25.2. The first-order valence-electron chi connectivity index (χ1n) is 9.61. The second-order valence-corrected chi connectivity index (χ2v) is 6.83. The molecule has 1 heterocycles. The van der Waals surface area contributed by atoms with Crippen molar-refractivity contribution in [2.75, 3.05) is 33.9 Å². The molecule has 0 aliphatic carbocycles. The first-order chi connectivity index (χ1) is 13.5. The average Bonchev–Trinajstić information content (AvgIpc) is 2.91. The Morgan fingerprint density at radius 2 is 1.93 bits per heavy atom. The molecule has 0 unspecified atom stereocenters. The minimum Gasteiger partial charge on any atom is -0.491 e. The molecule has 0 saturated carbocycles. The van der Waals surface area contributed by atoms with Crippen molar-refractivity contribution in [2.24, 2.45) is 12.0 Å². The number of aryl methyl sites for hydroxylation is 3. The molecule has 0 spiro atoms. The number of nitrogens with one attached hydrogen (secondary N) is 2. The van der Waals surface area contributed by atoms with Crippen molar-refractivity contribution < 1.29 is 9.47 Å². The SMILES string of the molecule is CN=C(NCCc1c(C)nn(C)c1C)NCc1ccc(C)cc1OCCOC.I. The van der Waals surface area contributed by atoms with Crippen LogP contribution >= 0.6 is 24.0 Å². The number of benzene rings is 1. The quantitative estimate of drug-likeness (QED) is 0.233. The van der Waals surface area contributed by atoms with E-state index in [-0.39, 0.29) is 24.0 Å². The fourth-order valence-corrected chi connectivity index (χ4v) is 3.06. The van der Waals surface area contributed by atoms with Crippen LogP contribution < -0.4 is 15.4 Å². The molecule has 7 nitrogen and oxygen atoms in total. The van der Waals surface area contributed by atoms with Crippen molar-refractivity contribution in [2.45, 2.75) is 33.7 Å². The van der Waals surface area contributed by atoms with Crippen LogP contribution in [-0.4, -0.2) is 49.7 Å². The van der Waals surface area contributed by atoms with Gasteiger partial charge in [0.05, 0.1) is 12.3 Å². The third-order valence-electron chi connectivity index (χ3n) is 4.76. The molecule has 0 saturated heterocycles. The average molecular weight is 515 g/mol. The molecule has 162 valence electrons. The maximum Gasteiger partial charge on any atom is 0.191 e. The summed E-state index contributed by atoms with van der Waals surface area (Å²) in [7, 11) is 5.43. The van der Waals surface area contributed by atoms with E-state index in [4.69, 9.17) is 9.47 Å². The lowest BCUT2D eigenvalue weighted by Gasteiger charge is -2.15. The van der Waals surface area contributed by atoms with Gasteiger partial charge in [0.15, 0.2) is 5.96 Å². The largest absolute Gasteiger partial charge is 0.491 e. The predicted molar refractivity (Wildman–Crippen MR) is 129 cm³/mol. The van der Waals surface area contributed by atoms with Crippen LogP contribution in [0, 0.1) is 20.8 Å². The summed E-state index contributed by atoms with van der Waals surface area (Å²) in [5, 5.41) is 11.2. The van der Waals surface area contributed by atoms with Crippen LogP contribution in [0.5, 0.6) is 5.75 Å². The van der Waals surface area contributed by atoms with E-state index in [1.165, 1.54) is 16.8 Å². The highest BCUT2D eigenvalue weighted by molar-refractivity contribution is 14.0. The normalized spacial score (nSPS) is 11.2.